The number of benzene rings is 2. The van der Waals surface area contributed by atoms with Crippen molar-refractivity contribution in [2.75, 3.05) is 0 Å². The predicted octanol–water partition coefficient (Wildman–Crippen LogP) is 4.07. The highest BCUT2D eigenvalue weighted by atomic mass is 14.9. The predicted molar refractivity (Wildman–Crippen MR) is 89.6 cm³/mol. The van der Waals surface area contributed by atoms with Crippen LogP contribution in [0.15, 0.2) is 42.6 Å². The number of fused-ring (bicyclic) bond motifs is 1. The fourth-order valence-corrected chi connectivity index (χ4v) is 3.14. The van der Waals surface area contributed by atoms with Crippen LogP contribution in [0.3, 0.4) is 0 Å². The molecule has 2 heteroatoms. The Kier molecular flexibility index (Phi) is 3.56. The van der Waals surface area contributed by atoms with Gasteiger partial charge in [0.15, 0.2) is 0 Å². The van der Waals surface area contributed by atoms with Crippen LogP contribution < -0.4 is 5.73 Å². The Morgan fingerprint density at radius 1 is 0.952 bits per heavy atom. The average Bonchev–Trinajstić information content (AvgIpc) is 2.84. The highest BCUT2D eigenvalue weighted by Gasteiger charge is 2.07. The minimum absolute atomic E-state index is 0.595. The molecule has 0 bridgehead atoms. The molecule has 0 saturated heterocycles. The second-order valence-electron chi connectivity index (χ2n) is 5.92. The monoisotopic (exact) mass is 278 g/mol. The summed E-state index contributed by atoms with van der Waals surface area (Å²) >= 11 is 0. The van der Waals surface area contributed by atoms with Crippen molar-refractivity contribution in [1.29, 1.82) is 0 Å². The topological polar surface area (TPSA) is 30.9 Å². The lowest BCUT2D eigenvalue weighted by Crippen LogP contribution is -2.03. The molecule has 2 aromatic carbocycles. The van der Waals surface area contributed by atoms with Gasteiger partial charge >= 0.3 is 0 Å². The van der Waals surface area contributed by atoms with E-state index in [2.05, 4.69) is 67.9 Å². The number of aromatic nitrogens is 1. The lowest BCUT2D eigenvalue weighted by Gasteiger charge is -2.13. The zero-order valence-corrected chi connectivity index (χ0v) is 13.0. The number of nitrogens with two attached hydrogens (primary N) is 1. The Morgan fingerprint density at radius 3 is 2.33 bits per heavy atom. The van der Waals surface area contributed by atoms with E-state index >= 15 is 0 Å². The summed E-state index contributed by atoms with van der Waals surface area (Å²) in [5.74, 6) is 0. The van der Waals surface area contributed by atoms with Crippen molar-refractivity contribution in [3.63, 3.8) is 0 Å². The molecule has 21 heavy (non-hydrogen) atoms. The quantitative estimate of drug-likeness (QED) is 0.769. The van der Waals surface area contributed by atoms with Gasteiger partial charge in [-0.25, -0.2) is 0 Å². The fraction of sp³-hybridized carbons (Fsp3) is 0.263. The first-order valence-electron chi connectivity index (χ1n) is 7.43. The van der Waals surface area contributed by atoms with Gasteiger partial charge in [0.2, 0.25) is 0 Å². The number of rotatable bonds is 3. The second kappa shape index (κ2) is 5.38. The van der Waals surface area contributed by atoms with Crippen molar-refractivity contribution in [2.24, 2.45) is 5.73 Å². The highest BCUT2D eigenvalue weighted by Crippen LogP contribution is 2.22. The Morgan fingerprint density at radius 2 is 1.67 bits per heavy atom. The third-order valence-electron chi connectivity index (χ3n) is 4.24. The number of hydrogen-bond acceptors (Lipinski definition) is 1. The van der Waals surface area contributed by atoms with E-state index in [4.69, 9.17) is 5.73 Å². The van der Waals surface area contributed by atoms with Gasteiger partial charge in [-0.1, -0.05) is 23.8 Å². The maximum absolute atomic E-state index is 5.72. The first-order chi connectivity index (χ1) is 10.1. The first-order valence-corrected chi connectivity index (χ1v) is 7.43. The van der Waals surface area contributed by atoms with Crippen LogP contribution >= 0.6 is 0 Å². The van der Waals surface area contributed by atoms with E-state index in [1.807, 2.05) is 0 Å². The van der Waals surface area contributed by atoms with Gasteiger partial charge in [-0.05, 0) is 66.6 Å². The summed E-state index contributed by atoms with van der Waals surface area (Å²) < 4.78 is 2.32. The van der Waals surface area contributed by atoms with E-state index in [1.54, 1.807) is 0 Å². The summed E-state index contributed by atoms with van der Waals surface area (Å²) in [6.45, 7) is 8.07. The van der Waals surface area contributed by atoms with E-state index in [1.165, 1.54) is 38.7 Å². The molecule has 3 rings (SSSR count). The van der Waals surface area contributed by atoms with Crippen molar-refractivity contribution in [3.05, 3.63) is 70.4 Å². The molecular weight excluding hydrogens is 256 g/mol. The van der Waals surface area contributed by atoms with Gasteiger partial charge in [0.05, 0.1) is 0 Å². The van der Waals surface area contributed by atoms with Crippen molar-refractivity contribution < 1.29 is 0 Å². The number of nitrogens with zero attached hydrogens (tertiary/aromatic N) is 1. The SMILES string of the molecule is Cc1cc(C)c(Cn2ccc3cc(CN)ccc32)c(C)c1. The van der Waals surface area contributed by atoms with Crippen LogP contribution in [-0.4, -0.2) is 4.57 Å². The molecule has 0 aliphatic rings. The lowest BCUT2D eigenvalue weighted by atomic mass is 10.00. The van der Waals surface area contributed by atoms with Crippen molar-refractivity contribution in [2.45, 2.75) is 33.9 Å². The third kappa shape index (κ3) is 2.59. The maximum atomic E-state index is 5.72. The van der Waals surface area contributed by atoms with Crippen LogP contribution in [-0.2, 0) is 13.1 Å². The molecule has 1 aromatic heterocycles. The normalized spacial score (nSPS) is 11.2. The summed E-state index contributed by atoms with van der Waals surface area (Å²) in [5, 5.41) is 1.26. The third-order valence-corrected chi connectivity index (χ3v) is 4.24. The molecule has 0 atom stereocenters. The lowest BCUT2D eigenvalue weighted by molar-refractivity contribution is 0.823. The largest absolute Gasteiger partial charge is 0.343 e. The van der Waals surface area contributed by atoms with Gasteiger partial charge in [-0.2, -0.15) is 0 Å². The maximum Gasteiger partial charge on any atom is 0.0483 e. The molecule has 2 N–H and O–H groups in total. The van der Waals surface area contributed by atoms with Gasteiger partial charge < -0.3 is 10.3 Å². The van der Waals surface area contributed by atoms with Crippen molar-refractivity contribution >= 4 is 10.9 Å². The van der Waals surface area contributed by atoms with Crippen LogP contribution in [0.4, 0.5) is 0 Å². The minimum atomic E-state index is 0.595. The van der Waals surface area contributed by atoms with Gasteiger partial charge in [-0.15, -0.1) is 0 Å². The standard InChI is InChI=1S/C19H22N2/c1-13-8-14(2)18(15(3)9-13)12-21-7-6-17-10-16(11-20)4-5-19(17)21/h4-10H,11-12,20H2,1-3H3. The fourth-order valence-electron chi connectivity index (χ4n) is 3.14. The van der Waals surface area contributed by atoms with Crippen LogP contribution in [0.1, 0.15) is 27.8 Å². The van der Waals surface area contributed by atoms with Gasteiger partial charge in [0.1, 0.15) is 0 Å². The van der Waals surface area contributed by atoms with E-state index < -0.39 is 0 Å². The summed E-state index contributed by atoms with van der Waals surface area (Å²) in [7, 11) is 0. The summed E-state index contributed by atoms with van der Waals surface area (Å²) in [6, 6.07) is 13.2. The number of aryl methyl sites for hydroxylation is 3. The zero-order valence-electron chi connectivity index (χ0n) is 13.0. The van der Waals surface area contributed by atoms with E-state index in [9.17, 15) is 0 Å². The first kappa shape index (κ1) is 13.9. The Balaban J connectivity index is 2.03. The average molecular weight is 278 g/mol. The molecule has 0 amide bonds. The Hall–Kier alpha value is -2.06. The van der Waals surface area contributed by atoms with Gasteiger partial charge in [-0.3, -0.25) is 0 Å². The highest BCUT2D eigenvalue weighted by molar-refractivity contribution is 5.81. The van der Waals surface area contributed by atoms with E-state index in [0.29, 0.717) is 6.54 Å². The summed E-state index contributed by atoms with van der Waals surface area (Å²) in [5.41, 5.74) is 13.7. The van der Waals surface area contributed by atoms with Crippen LogP contribution in [0, 0.1) is 20.8 Å². The number of hydrogen-bond donors (Lipinski definition) is 1. The van der Waals surface area contributed by atoms with E-state index in [0.717, 1.165) is 6.54 Å². The molecule has 2 nitrogen and oxygen atoms in total. The molecule has 0 unspecified atom stereocenters. The van der Waals surface area contributed by atoms with Crippen molar-refractivity contribution in [1.82, 2.24) is 4.57 Å². The Bertz CT molecular complexity index is 773. The molecule has 3 aromatic rings. The van der Waals surface area contributed by atoms with Crippen LogP contribution in [0.2, 0.25) is 0 Å². The molecule has 0 aliphatic heterocycles. The molecule has 0 radical (unpaired) electrons. The molecular formula is C19H22N2. The minimum Gasteiger partial charge on any atom is -0.343 e. The molecule has 0 aliphatic carbocycles. The summed E-state index contributed by atoms with van der Waals surface area (Å²) in [4.78, 5) is 0. The van der Waals surface area contributed by atoms with Crippen molar-refractivity contribution in [3.8, 4) is 0 Å². The van der Waals surface area contributed by atoms with Crippen LogP contribution in [0.5, 0.6) is 0 Å². The molecule has 1 heterocycles. The molecule has 0 fully saturated rings. The van der Waals surface area contributed by atoms with Crippen LogP contribution in [0.25, 0.3) is 10.9 Å². The molecule has 0 saturated carbocycles. The molecule has 0 spiro atoms. The smallest absolute Gasteiger partial charge is 0.0483 e. The zero-order chi connectivity index (χ0) is 15.0. The molecule has 108 valence electrons. The second-order valence-corrected chi connectivity index (χ2v) is 5.92. The van der Waals surface area contributed by atoms with Gasteiger partial charge in [0, 0.05) is 24.8 Å². The van der Waals surface area contributed by atoms with Gasteiger partial charge in [0.25, 0.3) is 0 Å². The Labute approximate surface area is 126 Å². The van der Waals surface area contributed by atoms with E-state index in [-0.39, 0.29) is 0 Å². The summed E-state index contributed by atoms with van der Waals surface area (Å²) in [6.07, 6.45) is 2.17.